The highest BCUT2D eigenvalue weighted by molar-refractivity contribution is 5.53. The fourth-order valence-electron chi connectivity index (χ4n) is 1.45. The van der Waals surface area contributed by atoms with Crippen molar-refractivity contribution in [3.63, 3.8) is 0 Å². The molecule has 0 saturated carbocycles. The van der Waals surface area contributed by atoms with Crippen molar-refractivity contribution in [2.75, 3.05) is 0 Å². The molecule has 1 aromatic rings. The van der Waals surface area contributed by atoms with Crippen LogP contribution in [0.4, 0.5) is 0 Å². The minimum Gasteiger partial charge on any atom is -0.624 e. The van der Waals surface area contributed by atoms with Gasteiger partial charge >= 0.3 is 0 Å². The van der Waals surface area contributed by atoms with Gasteiger partial charge in [0.2, 0.25) is 0 Å². The van der Waals surface area contributed by atoms with Crippen LogP contribution in [0.15, 0.2) is 30.3 Å². The second-order valence-electron chi connectivity index (χ2n) is 5.23. The molecule has 0 radical (unpaired) electrons. The van der Waals surface area contributed by atoms with Crippen LogP contribution in [0.1, 0.15) is 45.6 Å². The lowest BCUT2D eigenvalue weighted by Crippen LogP contribution is -2.29. The third-order valence-corrected chi connectivity index (χ3v) is 2.65. The van der Waals surface area contributed by atoms with Crippen molar-refractivity contribution in [1.82, 2.24) is 0 Å². The van der Waals surface area contributed by atoms with Gasteiger partial charge in [0, 0.05) is 27.2 Å². The predicted octanol–water partition coefficient (Wildman–Crippen LogP) is 3.56. The Morgan fingerprint density at radius 2 is 1.81 bits per heavy atom. The molecule has 0 amide bonds. The first-order chi connectivity index (χ1) is 7.41. The predicted molar refractivity (Wildman–Crippen MR) is 68.9 cm³/mol. The van der Waals surface area contributed by atoms with Gasteiger partial charge < -0.3 is 5.21 Å². The zero-order valence-electron chi connectivity index (χ0n) is 10.6. The van der Waals surface area contributed by atoms with Crippen LogP contribution < -0.4 is 0 Å². The highest BCUT2D eigenvalue weighted by Gasteiger charge is 2.18. The van der Waals surface area contributed by atoms with Crippen molar-refractivity contribution in [2.45, 2.75) is 45.6 Å². The van der Waals surface area contributed by atoms with Crippen LogP contribution in [0.3, 0.4) is 0 Å². The molecule has 0 aliphatic carbocycles. The molecule has 0 spiro atoms. The summed E-state index contributed by atoms with van der Waals surface area (Å²) in [5.41, 5.74) is 0.942. The SMILES string of the molecule is CC(C/C=[N+](\[O-])C(C)(C)C)c1ccccc1. The Bertz CT molecular complexity index is 349. The summed E-state index contributed by atoms with van der Waals surface area (Å²) >= 11 is 0. The van der Waals surface area contributed by atoms with Gasteiger partial charge in [-0.1, -0.05) is 37.3 Å². The van der Waals surface area contributed by atoms with Crippen LogP contribution >= 0.6 is 0 Å². The van der Waals surface area contributed by atoms with Crippen molar-refractivity contribution in [2.24, 2.45) is 0 Å². The number of hydrogen-bond acceptors (Lipinski definition) is 1. The quantitative estimate of drug-likeness (QED) is 0.330. The highest BCUT2D eigenvalue weighted by Crippen LogP contribution is 2.17. The topological polar surface area (TPSA) is 26.1 Å². The van der Waals surface area contributed by atoms with E-state index in [0.717, 1.165) is 11.2 Å². The molecule has 0 saturated heterocycles. The van der Waals surface area contributed by atoms with Crippen LogP contribution in [0.25, 0.3) is 0 Å². The van der Waals surface area contributed by atoms with Gasteiger partial charge in [0.15, 0.2) is 11.8 Å². The second kappa shape index (κ2) is 5.15. The number of hydrogen-bond donors (Lipinski definition) is 0. The summed E-state index contributed by atoms with van der Waals surface area (Å²) in [6, 6.07) is 10.3. The van der Waals surface area contributed by atoms with E-state index in [1.165, 1.54) is 5.56 Å². The molecule has 1 aromatic carbocycles. The summed E-state index contributed by atoms with van der Waals surface area (Å²) in [7, 11) is 0. The summed E-state index contributed by atoms with van der Waals surface area (Å²) in [6.45, 7) is 7.90. The lowest BCUT2D eigenvalue weighted by Gasteiger charge is -2.19. The summed E-state index contributed by atoms with van der Waals surface area (Å²) < 4.78 is 1.05. The molecule has 1 rings (SSSR count). The molecule has 0 bridgehead atoms. The van der Waals surface area contributed by atoms with Crippen LogP contribution in [-0.4, -0.2) is 16.5 Å². The van der Waals surface area contributed by atoms with E-state index in [1.807, 2.05) is 39.0 Å². The molecule has 1 atom stereocenters. The van der Waals surface area contributed by atoms with E-state index in [2.05, 4.69) is 19.1 Å². The Kier molecular flexibility index (Phi) is 4.11. The zero-order chi connectivity index (χ0) is 12.2. The molecular formula is C14H21NO. The summed E-state index contributed by atoms with van der Waals surface area (Å²) in [5.74, 6) is 0.389. The van der Waals surface area contributed by atoms with Crippen molar-refractivity contribution in [3.8, 4) is 0 Å². The van der Waals surface area contributed by atoms with Crippen LogP contribution in [0.2, 0.25) is 0 Å². The van der Waals surface area contributed by atoms with Crippen LogP contribution in [-0.2, 0) is 0 Å². The lowest BCUT2D eigenvalue weighted by atomic mass is 9.98. The molecule has 2 heteroatoms. The minimum atomic E-state index is -0.337. The fourth-order valence-corrected chi connectivity index (χ4v) is 1.45. The monoisotopic (exact) mass is 219 g/mol. The van der Waals surface area contributed by atoms with E-state index in [4.69, 9.17) is 0 Å². The summed E-state index contributed by atoms with van der Waals surface area (Å²) in [6.07, 6.45) is 2.53. The molecule has 88 valence electrons. The third kappa shape index (κ3) is 3.69. The van der Waals surface area contributed by atoms with E-state index < -0.39 is 0 Å². The standard InChI is InChI=1S/C14H21NO/c1-12(13-8-6-5-7-9-13)10-11-15(16)14(2,3)4/h5-9,11-12H,10H2,1-4H3/b15-11-. The van der Waals surface area contributed by atoms with E-state index in [1.54, 1.807) is 6.21 Å². The van der Waals surface area contributed by atoms with Gasteiger partial charge in [0.1, 0.15) is 0 Å². The van der Waals surface area contributed by atoms with Gasteiger partial charge in [0.25, 0.3) is 0 Å². The highest BCUT2D eigenvalue weighted by atomic mass is 16.5. The van der Waals surface area contributed by atoms with Crippen LogP contribution in [0, 0.1) is 5.21 Å². The van der Waals surface area contributed by atoms with E-state index in [0.29, 0.717) is 5.92 Å². The molecule has 2 nitrogen and oxygen atoms in total. The smallest absolute Gasteiger partial charge is 0.164 e. The minimum absolute atomic E-state index is 0.337. The Morgan fingerprint density at radius 3 is 2.31 bits per heavy atom. The number of benzene rings is 1. The number of nitrogens with zero attached hydrogens (tertiary/aromatic N) is 1. The van der Waals surface area contributed by atoms with Crippen molar-refractivity contribution >= 4 is 6.21 Å². The normalized spacial score (nSPS) is 14.9. The molecule has 1 unspecified atom stereocenters. The Balaban J connectivity index is 2.63. The molecule has 0 aliphatic heterocycles. The fraction of sp³-hybridized carbons (Fsp3) is 0.500. The molecule has 0 heterocycles. The molecule has 0 fully saturated rings. The Hall–Kier alpha value is -1.31. The largest absolute Gasteiger partial charge is 0.624 e. The maximum atomic E-state index is 11.7. The lowest BCUT2D eigenvalue weighted by molar-refractivity contribution is -0.532. The van der Waals surface area contributed by atoms with E-state index in [9.17, 15) is 5.21 Å². The van der Waals surface area contributed by atoms with Crippen molar-refractivity contribution in [1.29, 1.82) is 0 Å². The molecule has 16 heavy (non-hydrogen) atoms. The van der Waals surface area contributed by atoms with Gasteiger partial charge in [-0.3, -0.25) is 0 Å². The third-order valence-electron chi connectivity index (χ3n) is 2.65. The van der Waals surface area contributed by atoms with Gasteiger partial charge in [-0.25, -0.2) is 4.74 Å². The second-order valence-corrected chi connectivity index (χ2v) is 5.23. The average molecular weight is 219 g/mol. The number of hydroxylamine groups is 1. The first-order valence-electron chi connectivity index (χ1n) is 5.76. The van der Waals surface area contributed by atoms with E-state index >= 15 is 0 Å². The van der Waals surface area contributed by atoms with Crippen LogP contribution in [0.5, 0.6) is 0 Å². The van der Waals surface area contributed by atoms with Gasteiger partial charge in [-0.05, 0) is 11.5 Å². The van der Waals surface area contributed by atoms with E-state index in [-0.39, 0.29) is 5.54 Å². The van der Waals surface area contributed by atoms with Crippen molar-refractivity contribution < 1.29 is 4.74 Å². The molecular weight excluding hydrogens is 198 g/mol. The average Bonchev–Trinajstić information content (AvgIpc) is 2.25. The maximum absolute atomic E-state index is 11.7. The van der Waals surface area contributed by atoms with Crippen molar-refractivity contribution in [3.05, 3.63) is 41.1 Å². The molecule has 0 aromatic heterocycles. The molecule has 0 N–H and O–H groups in total. The first-order valence-corrected chi connectivity index (χ1v) is 5.76. The summed E-state index contributed by atoms with van der Waals surface area (Å²) in [4.78, 5) is 0. The zero-order valence-corrected chi connectivity index (χ0v) is 10.6. The van der Waals surface area contributed by atoms with Gasteiger partial charge in [-0.2, -0.15) is 0 Å². The van der Waals surface area contributed by atoms with Gasteiger partial charge in [0.05, 0.1) is 0 Å². The summed E-state index contributed by atoms with van der Waals surface area (Å²) in [5, 5.41) is 11.7. The molecule has 0 aliphatic rings. The first kappa shape index (κ1) is 12.8. The Morgan fingerprint density at radius 1 is 1.25 bits per heavy atom. The Labute approximate surface area is 98.2 Å². The van der Waals surface area contributed by atoms with Gasteiger partial charge in [-0.15, -0.1) is 0 Å². The maximum Gasteiger partial charge on any atom is 0.164 e. The number of rotatable bonds is 3.